The van der Waals surface area contributed by atoms with E-state index in [1.54, 1.807) is 0 Å². The fourth-order valence-corrected chi connectivity index (χ4v) is 5.85. The van der Waals surface area contributed by atoms with Gasteiger partial charge < -0.3 is 4.74 Å². The summed E-state index contributed by atoms with van der Waals surface area (Å²) in [6, 6.07) is 26.7. The Bertz CT molecular complexity index is 1570. The van der Waals surface area contributed by atoms with Gasteiger partial charge in [0.1, 0.15) is 11.4 Å². The molecule has 0 unspecified atom stereocenters. The van der Waals surface area contributed by atoms with Crippen LogP contribution in [0.4, 0.5) is 17.1 Å². The molecule has 0 fully saturated rings. The van der Waals surface area contributed by atoms with Gasteiger partial charge in [0.15, 0.2) is 0 Å². The molecule has 0 aliphatic carbocycles. The number of hydrogen-bond acceptors (Lipinski definition) is 1. The predicted octanol–water partition coefficient (Wildman–Crippen LogP) is 9.96. The maximum atomic E-state index is 5.40. The van der Waals surface area contributed by atoms with E-state index < -0.39 is 0 Å². The summed E-state index contributed by atoms with van der Waals surface area (Å²) >= 11 is 0. The van der Waals surface area contributed by atoms with Gasteiger partial charge in [-0.1, -0.05) is 69.3 Å². The van der Waals surface area contributed by atoms with E-state index in [0.29, 0.717) is 0 Å². The Morgan fingerprint density at radius 1 is 0.556 bits per heavy atom. The Morgan fingerprint density at radius 3 is 1.39 bits per heavy atom. The molecular weight excluding hydrogens is 438 g/mol. The third-order valence-corrected chi connectivity index (χ3v) is 7.69. The minimum Gasteiger partial charge on any atom is -0.542 e. The minimum absolute atomic E-state index is 0.0979. The molecule has 0 spiro atoms. The standard InChI is InChI=1S/C34H33NO/c1-20-18-29-32(27-14-10-8-12-25(20)27)36-33-28-15-11-9-13-26(28)21(2)19-30(33)35(29)31-22(3)16-24(17-23(31)4)34(5,6)7/h8-19H,1-7H3/p+1. The van der Waals surface area contributed by atoms with Crippen LogP contribution in [0.3, 0.4) is 0 Å². The SMILES string of the molecule is Cc1cc(C(C)(C)C)cc(C)c1N1c2cc(C)c3ccccc3c2[OH+]c2c1cc(C)c1ccccc21. The second kappa shape index (κ2) is 7.86. The average molecular weight is 473 g/mol. The molecule has 6 rings (SSSR count). The first-order chi connectivity index (χ1) is 17.1. The van der Waals surface area contributed by atoms with E-state index in [0.717, 1.165) is 22.9 Å². The van der Waals surface area contributed by atoms with E-state index in [1.165, 1.54) is 55.0 Å². The van der Waals surface area contributed by atoms with Crippen molar-refractivity contribution < 1.29 is 4.74 Å². The van der Waals surface area contributed by atoms with E-state index in [4.69, 9.17) is 4.74 Å². The number of anilines is 3. The highest BCUT2D eigenvalue weighted by atomic mass is 16.5. The van der Waals surface area contributed by atoms with Gasteiger partial charge in [-0.05, 0) is 96.0 Å². The van der Waals surface area contributed by atoms with E-state index in [9.17, 15) is 0 Å². The van der Waals surface area contributed by atoms with Crippen LogP contribution in [0, 0.1) is 27.7 Å². The first-order valence-electron chi connectivity index (χ1n) is 12.8. The Balaban J connectivity index is 1.74. The number of aromatic hydroxyl groups is 2. The van der Waals surface area contributed by atoms with Crippen LogP contribution in [-0.2, 0) is 5.41 Å². The Kier molecular flexibility index (Phi) is 4.95. The van der Waals surface area contributed by atoms with Crippen LogP contribution >= 0.6 is 0 Å². The number of benzene rings is 5. The minimum atomic E-state index is 0.0979. The van der Waals surface area contributed by atoms with Gasteiger partial charge in [0, 0.05) is 0 Å². The molecule has 5 aromatic carbocycles. The van der Waals surface area contributed by atoms with Crippen molar-refractivity contribution >= 4 is 38.6 Å². The van der Waals surface area contributed by atoms with Gasteiger partial charge >= 0.3 is 0 Å². The summed E-state index contributed by atoms with van der Waals surface area (Å²) in [6.45, 7) is 15.8. The molecule has 0 radical (unpaired) electrons. The number of nitrogens with zero attached hydrogens (tertiary/aromatic N) is 1. The van der Waals surface area contributed by atoms with E-state index in [-0.39, 0.29) is 5.41 Å². The molecule has 1 heterocycles. The summed E-state index contributed by atoms with van der Waals surface area (Å²) in [6.07, 6.45) is 0. The molecule has 5 aromatic rings. The largest absolute Gasteiger partial charge is 0.542 e. The van der Waals surface area contributed by atoms with Crippen molar-refractivity contribution in [2.24, 2.45) is 0 Å². The third-order valence-electron chi connectivity index (χ3n) is 7.69. The highest BCUT2D eigenvalue weighted by molar-refractivity contribution is 6.05. The molecule has 0 saturated heterocycles. The van der Waals surface area contributed by atoms with Crippen LogP contribution in [0.5, 0.6) is 11.5 Å². The third kappa shape index (κ3) is 3.32. The molecule has 0 atom stereocenters. The van der Waals surface area contributed by atoms with Crippen LogP contribution in [0.2, 0.25) is 0 Å². The van der Waals surface area contributed by atoms with Gasteiger partial charge in [0.2, 0.25) is 0 Å². The van der Waals surface area contributed by atoms with Gasteiger partial charge in [0.25, 0.3) is 11.5 Å². The molecule has 2 heteroatoms. The van der Waals surface area contributed by atoms with Crippen molar-refractivity contribution in [1.29, 1.82) is 0 Å². The van der Waals surface area contributed by atoms with Crippen molar-refractivity contribution in [2.75, 3.05) is 4.90 Å². The molecule has 36 heavy (non-hydrogen) atoms. The van der Waals surface area contributed by atoms with Crippen LogP contribution in [-0.4, -0.2) is 4.74 Å². The van der Waals surface area contributed by atoms with Gasteiger partial charge in [-0.2, -0.15) is 0 Å². The van der Waals surface area contributed by atoms with Crippen LogP contribution in [0.15, 0.2) is 72.8 Å². The summed E-state index contributed by atoms with van der Waals surface area (Å²) < 4.78 is 5.40. The van der Waals surface area contributed by atoms with Crippen molar-refractivity contribution in [1.82, 2.24) is 0 Å². The van der Waals surface area contributed by atoms with Gasteiger partial charge in [-0.15, -0.1) is 0 Å². The quantitative estimate of drug-likeness (QED) is 0.217. The summed E-state index contributed by atoms with van der Waals surface area (Å²) in [5.41, 5.74) is 10.1. The molecule has 0 saturated carbocycles. The van der Waals surface area contributed by atoms with Crippen LogP contribution in [0.1, 0.15) is 48.6 Å². The smallest absolute Gasteiger partial charge is 0.293 e. The summed E-state index contributed by atoms with van der Waals surface area (Å²) in [4.78, 5) is 2.48. The highest BCUT2D eigenvalue weighted by Gasteiger charge is 2.36. The summed E-state index contributed by atoms with van der Waals surface area (Å²) in [7, 11) is 0. The number of rotatable bonds is 1. The lowest BCUT2D eigenvalue weighted by Gasteiger charge is -2.34. The molecular formula is C34H34NO+. The molecule has 0 bridgehead atoms. The lowest BCUT2D eigenvalue weighted by Crippen LogP contribution is -2.19. The maximum absolute atomic E-state index is 5.40. The lowest BCUT2D eigenvalue weighted by molar-refractivity contribution is 0.205. The van der Waals surface area contributed by atoms with Gasteiger partial charge in [-0.3, -0.25) is 4.90 Å². The van der Waals surface area contributed by atoms with E-state index in [2.05, 4.69) is 126 Å². The van der Waals surface area contributed by atoms with Crippen molar-refractivity contribution in [3.05, 3.63) is 101 Å². The van der Waals surface area contributed by atoms with Crippen molar-refractivity contribution in [2.45, 2.75) is 53.9 Å². The molecule has 2 nitrogen and oxygen atoms in total. The monoisotopic (exact) mass is 472 g/mol. The molecule has 1 aliphatic heterocycles. The Labute approximate surface area is 214 Å². The zero-order chi connectivity index (χ0) is 25.4. The first-order valence-corrected chi connectivity index (χ1v) is 12.8. The lowest BCUT2D eigenvalue weighted by atomic mass is 9.84. The normalized spacial score (nSPS) is 13.0. The Morgan fingerprint density at radius 2 is 0.972 bits per heavy atom. The summed E-state index contributed by atoms with van der Waals surface area (Å²) in [5.74, 6) is 2.10. The second-order valence-electron chi connectivity index (χ2n) is 11.4. The fourth-order valence-electron chi connectivity index (χ4n) is 5.85. The van der Waals surface area contributed by atoms with E-state index >= 15 is 0 Å². The van der Waals surface area contributed by atoms with Crippen molar-refractivity contribution in [3.8, 4) is 11.5 Å². The fraction of sp³-hybridized carbons (Fsp3) is 0.235. The number of fused-ring (bicyclic) bond motifs is 6. The van der Waals surface area contributed by atoms with Crippen LogP contribution < -0.4 is 4.90 Å². The first kappa shape index (κ1) is 22.7. The molecule has 0 amide bonds. The zero-order valence-corrected chi connectivity index (χ0v) is 22.3. The second-order valence-corrected chi connectivity index (χ2v) is 11.4. The topological polar surface area (TPSA) is 16.0 Å². The van der Waals surface area contributed by atoms with Crippen molar-refractivity contribution in [3.63, 3.8) is 0 Å². The molecule has 180 valence electrons. The van der Waals surface area contributed by atoms with E-state index in [1.807, 2.05) is 0 Å². The molecule has 0 aromatic heterocycles. The average Bonchev–Trinajstić information content (AvgIpc) is 2.84. The van der Waals surface area contributed by atoms with Gasteiger partial charge in [0.05, 0.1) is 16.5 Å². The summed E-state index contributed by atoms with van der Waals surface area (Å²) in [5, 5.41) is 4.93. The number of aryl methyl sites for hydroxylation is 4. The zero-order valence-electron chi connectivity index (χ0n) is 22.3. The maximum Gasteiger partial charge on any atom is 0.293 e. The van der Waals surface area contributed by atoms with Gasteiger partial charge in [-0.25, -0.2) is 0 Å². The highest BCUT2D eigenvalue weighted by Crippen LogP contribution is 2.57. The number of hydrogen-bond donors (Lipinski definition) is 0. The Hall–Kier alpha value is -3.78. The number of ether oxygens (including phenoxy) is 1. The van der Waals surface area contributed by atoms with Crippen LogP contribution in [0.25, 0.3) is 21.5 Å². The molecule has 1 aliphatic rings. The molecule has 1 N–H and O–H groups in total. The predicted molar refractivity (Wildman–Crippen MR) is 155 cm³/mol.